The molecule has 6 heteroatoms. The van der Waals surface area contributed by atoms with Gasteiger partial charge in [0.15, 0.2) is 11.5 Å². The third kappa shape index (κ3) is 2.76. The lowest BCUT2D eigenvalue weighted by molar-refractivity contribution is -0.0827. The number of carbonyl (C=O) groups is 1. The zero-order chi connectivity index (χ0) is 15.6. The van der Waals surface area contributed by atoms with Crippen molar-refractivity contribution in [3.8, 4) is 17.2 Å². The normalized spacial score (nSPS) is 16.1. The van der Waals surface area contributed by atoms with Gasteiger partial charge in [-0.25, -0.2) is 0 Å². The molecule has 1 aromatic rings. The summed E-state index contributed by atoms with van der Waals surface area (Å²) in [7, 11) is 4.53. The summed E-state index contributed by atoms with van der Waals surface area (Å²) in [5, 5.41) is 10.0. The number of hydrogen-bond donors (Lipinski definition) is 1. The van der Waals surface area contributed by atoms with E-state index in [0.717, 1.165) is 0 Å². The largest absolute Gasteiger partial charge is 0.496 e. The number of carbonyl (C=O) groups excluding carboxylic acids is 1. The van der Waals surface area contributed by atoms with Crippen molar-refractivity contribution in [2.45, 2.75) is 18.9 Å². The quantitative estimate of drug-likeness (QED) is 0.887. The fraction of sp³-hybridized carbons (Fsp3) is 0.533. The van der Waals surface area contributed by atoms with Crippen LogP contribution in [0, 0.1) is 0 Å². The van der Waals surface area contributed by atoms with Gasteiger partial charge in [0.05, 0.1) is 45.6 Å². The number of benzene rings is 1. The van der Waals surface area contributed by atoms with E-state index in [1.54, 1.807) is 17.0 Å². The highest BCUT2D eigenvalue weighted by molar-refractivity contribution is 5.98. The molecule has 1 aromatic carbocycles. The van der Waals surface area contributed by atoms with Gasteiger partial charge in [0, 0.05) is 12.1 Å². The Morgan fingerprint density at radius 2 is 1.67 bits per heavy atom. The summed E-state index contributed by atoms with van der Waals surface area (Å²) in [5.74, 6) is 1.20. The Morgan fingerprint density at radius 3 is 2.14 bits per heavy atom. The van der Waals surface area contributed by atoms with Crippen LogP contribution in [0.1, 0.15) is 23.7 Å². The van der Waals surface area contributed by atoms with Crippen LogP contribution < -0.4 is 14.2 Å². The standard InChI is InChI=1S/C15H21NO5/c1-5-15(18)8-16(9-15)14(17)10-6-12(20-3)13(21-4)7-11(10)19-2/h6-7,18H,5,8-9H2,1-4H3. The van der Waals surface area contributed by atoms with E-state index in [1.165, 1.54) is 21.3 Å². The number of methoxy groups -OCH3 is 3. The van der Waals surface area contributed by atoms with Crippen molar-refractivity contribution >= 4 is 5.91 Å². The number of rotatable bonds is 5. The smallest absolute Gasteiger partial charge is 0.257 e. The molecule has 0 aliphatic carbocycles. The van der Waals surface area contributed by atoms with Crippen molar-refractivity contribution in [2.24, 2.45) is 0 Å². The molecule has 21 heavy (non-hydrogen) atoms. The highest BCUT2D eigenvalue weighted by Crippen LogP contribution is 2.36. The molecule has 0 spiro atoms. The SMILES string of the molecule is CCC1(O)CN(C(=O)c2cc(OC)c(OC)cc2OC)C1. The first-order valence-electron chi connectivity index (χ1n) is 6.79. The molecule has 1 N–H and O–H groups in total. The average Bonchev–Trinajstić information content (AvgIpc) is 2.49. The van der Waals surface area contributed by atoms with E-state index in [9.17, 15) is 9.90 Å². The van der Waals surface area contributed by atoms with E-state index in [0.29, 0.717) is 42.3 Å². The van der Waals surface area contributed by atoms with Gasteiger partial charge in [-0.3, -0.25) is 4.79 Å². The maximum absolute atomic E-state index is 12.5. The first-order chi connectivity index (χ1) is 9.97. The highest BCUT2D eigenvalue weighted by Gasteiger charge is 2.42. The summed E-state index contributed by atoms with van der Waals surface area (Å²) in [6.07, 6.45) is 0.625. The molecule has 116 valence electrons. The summed E-state index contributed by atoms with van der Waals surface area (Å²) in [6.45, 7) is 2.57. The number of amides is 1. The zero-order valence-corrected chi connectivity index (χ0v) is 12.8. The Hall–Kier alpha value is -1.95. The van der Waals surface area contributed by atoms with Crippen molar-refractivity contribution < 1.29 is 24.1 Å². The minimum atomic E-state index is -0.764. The molecular formula is C15H21NO5. The molecule has 1 fully saturated rings. The first kappa shape index (κ1) is 15.4. The van der Waals surface area contributed by atoms with E-state index in [2.05, 4.69) is 0 Å². The minimum absolute atomic E-state index is 0.189. The van der Waals surface area contributed by atoms with Crippen molar-refractivity contribution in [2.75, 3.05) is 34.4 Å². The molecule has 0 atom stereocenters. The van der Waals surface area contributed by atoms with Crippen molar-refractivity contribution in [1.29, 1.82) is 0 Å². The number of likely N-dealkylation sites (tertiary alicyclic amines) is 1. The van der Waals surface area contributed by atoms with Crippen LogP contribution in [0.25, 0.3) is 0 Å². The van der Waals surface area contributed by atoms with Crippen LogP contribution in [-0.4, -0.2) is 55.9 Å². The molecule has 1 saturated heterocycles. The molecule has 1 aliphatic rings. The van der Waals surface area contributed by atoms with Gasteiger partial charge in [-0.2, -0.15) is 0 Å². The lowest BCUT2D eigenvalue weighted by Crippen LogP contribution is -2.63. The monoisotopic (exact) mass is 295 g/mol. The fourth-order valence-corrected chi connectivity index (χ4v) is 2.40. The second-order valence-corrected chi connectivity index (χ2v) is 5.15. The van der Waals surface area contributed by atoms with Crippen LogP contribution in [0.3, 0.4) is 0 Å². The number of hydrogen-bond acceptors (Lipinski definition) is 5. The lowest BCUT2D eigenvalue weighted by Gasteiger charge is -2.46. The third-order valence-corrected chi connectivity index (χ3v) is 3.85. The number of nitrogens with zero attached hydrogens (tertiary/aromatic N) is 1. The summed E-state index contributed by atoms with van der Waals surface area (Å²) < 4.78 is 15.7. The number of ether oxygens (including phenoxy) is 3. The molecular weight excluding hydrogens is 274 g/mol. The molecule has 2 rings (SSSR count). The Morgan fingerprint density at radius 1 is 1.14 bits per heavy atom. The van der Waals surface area contributed by atoms with Crippen LogP contribution >= 0.6 is 0 Å². The summed E-state index contributed by atoms with van der Waals surface area (Å²) in [6, 6.07) is 3.22. The molecule has 1 aliphatic heterocycles. The Balaban J connectivity index is 2.28. The molecule has 0 aromatic heterocycles. The topological polar surface area (TPSA) is 68.2 Å². The van der Waals surface area contributed by atoms with Gasteiger partial charge in [0.2, 0.25) is 0 Å². The van der Waals surface area contributed by atoms with Crippen LogP contribution in [0.4, 0.5) is 0 Å². The van der Waals surface area contributed by atoms with Crippen molar-refractivity contribution in [1.82, 2.24) is 4.90 Å². The van der Waals surface area contributed by atoms with Crippen molar-refractivity contribution in [3.05, 3.63) is 17.7 Å². The number of β-amino-alcohol motifs (C(OH)–C–C–N with tert-alkyl or cyclic N) is 1. The minimum Gasteiger partial charge on any atom is -0.496 e. The maximum Gasteiger partial charge on any atom is 0.257 e. The Kier molecular flexibility index (Phi) is 4.27. The van der Waals surface area contributed by atoms with Gasteiger partial charge < -0.3 is 24.2 Å². The first-order valence-corrected chi connectivity index (χ1v) is 6.79. The predicted molar refractivity (Wildman–Crippen MR) is 77.2 cm³/mol. The Bertz CT molecular complexity index is 537. The molecule has 0 saturated carbocycles. The zero-order valence-electron chi connectivity index (χ0n) is 12.8. The number of aliphatic hydroxyl groups is 1. The molecule has 1 amide bonds. The van der Waals surface area contributed by atoms with E-state index in [1.807, 2.05) is 6.92 Å². The molecule has 6 nitrogen and oxygen atoms in total. The Labute approximate surface area is 124 Å². The van der Waals surface area contributed by atoms with Crippen LogP contribution in [0.15, 0.2) is 12.1 Å². The average molecular weight is 295 g/mol. The van der Waals surface area contributed by atoms with Crippen molar-refractivity contribution in [3.63, 3.8) is 0 Å². The predicted octanol–water partition coefficient (Wildman–Crippen LogP) is 1.31. The summed E-state index contributed by atoms with van der Waals surface area (Å²) in [5.41, 5.74) is -0.368. The summed E-state index contributed by atoms with van der Waals surface area (Å²) >= 11 is 0. The van der Waals surface area contributed by atoms with Gasteiger partial charge in [0.25, 0.3) is 5.91 Å². The lowest BCUT2D eigenvalue weighted by atomic mass is 9.90. The van der Waals surface area contributed by atoms with Gasteiger partial charge >= 0.3 is 0 Å². The molecule has 0 bridgehead atoms. The molecule has 0 unspecified atom stereocenters. The van der Waals surface area contributed by atoms with Crippen LogP contribution in [-0.2, 0) is 0 Å². The van der Waals surface area contributed by atoms with Gasteiger partial charge in [-0.15, -0.1) is 0 Å². The van der Waals surface area contributed by atoms with Crippen LogP contribution in [0.2, 0.25) is 0 Å². The third-order valence-electron chi connectivity index (χ3n) is 3.85. The van der Waals surface area contributed by atoms with Gasteiger partial charge in [0.1, 0.15) is 5.75 Å². The highest BCUT2D eigenvalue weighted by atomic mass is 16.5. The second kappa shape index (κ2) is 5.81. The second-order valence-electron chi connectivity index (χ2n) is 5.15. The molecule has 1 heterocycles. The van der Waals surface area contributed by atoms with E-state index in [4.69, 9.17) is 14.2 Å². The van der Waals surface area contributed by atoms with E-state index < -0.39 is 5.60 Å². The van der Waals surface area contributed by atoms with E-state index >= 15 is 0 Å². The van der Waals surface area contributed by atoms with Crippen LogP contribution in [0.5, 0.6) is 17.2 Å². The summed E-state index contributed by atoms with van der Waals surface area (Å²) in [4.78, 5) is 14.1. The molecule has 0 radical (unpaired) electrons. The van der Waals surface area contributed by atoms with Gasteiger partial charge in [-0.05, 0) is 6.42 Å². The fourth-order valence-electron chi connectivity index (χ4n) is 2.40. The maximum atomic E-state index is 12.5. The van der Waals surface area contributed by atoms with E-state index in [-0.39, 0.29) is 5.91 Å². The van der Waals surface area contributed by atoms with Gasteiger partial charge in [-0.1, -0.05) is 6.92 Å².